The molecule has 6 nitrogen and oxygen atoms in total. The molecule has 2 heterocycles. The number of rotatable bonds is 4. The molecule has 2 rings (SSSR count). The Morgan fingerprint density at radius 1 is 1.26 bits per heavy atom. The first-order valence-corrected chi connectivity index (χ1v) is 6.80. The van der Waals surface area contributed by atoms with Gasteiger partial charge in [-0.1, -0.05) is 0 Å². The first-order valence-electron chi connectivity index (χ1n) is 6.43. The average molecular weight is 286 g/mol. The van der Waals surface area contributed by atoms with Crippen molar-refractivity contribution in [2.45, 2.75) is 12.8 Å². The van der Waals surface area contributed by atoms with Crippen LogP contribution in [0.4, 0.5) is 11.9 Å². The maximum atomic E-state index is 5.96. The van der Waals surface area contributed by atoms with E-state index in [0.717, 1.165) is 32.5 Å². The van der Waals surface area contributed by atoms with Crippen LogP contribution in [0.1, 0.15) is 12.8 Å². The standard InChI is InChI=1S/C12H20ClN5O/c1-17(2)11-14-10(13)15-12(16-11)18-6-4-9(5-7-18)8-19-3/h9H,4-8H2,1-3H3. The number of piperidine rings is 1. The summed E-state index contributed by atoms with van der Waals surface area (Å²) in [6.07, 6.45) is 2.18. The quantitative estimate of drug-likeness (QED) is 0.835. The zero-order chi connectivity index (χ0) is 13.8. The largest absolute Gasteiger partial charge is 0.384 e. The second-order valence-electron chi connectivity index (χ2n) is 4.98. The van der Waals surface area contributed by atoms with Crippen molar-refractivity contribution in [1.29, 1.82) is 0 Å². The summed E-state index contributed by atoms with van der Waals surface area (Å²) < 4.78 is 5.20. The summed E-state index contributed by atoms with van der Waals surface area (Å²) in [5, 5.41) is 0.243. The summed E-state index contributed by atoms with van der Waals surface area (Å²) in [5.74, 6) is 1.89. The summed E-state index contributed by atoms with van der Waals surface area (Å²) in [6.45, 7) is 2.69. The van der Waals surface area contributed by atoms with Crippen LogP contribution in [0.25, 0.3) is 0 Å². The van der Waals surface area contributed by atoms with E-state index in [9.17, 15) is 0 Å². The second kappa shape index (κ2) is 6.34. The van der Waals surface area contributed by atoms with E-state index in [1.54, 1.807) is 7.11 Å². The molecule has 0 atom stereocenters. The highest BCUT2D eigenvalue weighted by molar-refractivity contribution is 6.28. The van der Waals surface area contributed by atoms with Gasteiger partial charge in [0.15, 0.2) is 0 Å². The molecule has 0 aromatic carbocycles. The summed E-state index contributed by atoms with van der Waals surface area (Å²) in [7, 11) is 5.53. The fourth-order valence-corrected chi connectivity index (χ4v) is 2.36. The number of aromatic nitrogens is 3. The molecule has 1 aromatic rings. The molecule has 0 bridgehead atoms. The summed E-state index contributed by atoms with van der Waals surface area (Å²) in [4.78, 5) is 16.7. The minimum absolute atomic E-state index is 0.243. The van der Waals surface area contributed by atoms with E-state index >= 15 is 0 Å². The molecule has 1 aliphatic heterocycles. The first-order chi connectivity index (χ1) is 9.10. The molecule has 0 amide bonds. The number of nitrogens with zero attached hydrogens (tertiary/aromatic N) is 5. The lowest BCUT2D eigenvalue weighted by Gasteiger charge is -2.31. The molecule has 0 radical (unpaired) electrons. The predicted octanol–water partition coefficient (Wildman–Crippen LogP) is 1.45. The minimum atomic E-state index is 0.243. The highest BCUT2D eigenvalue weighted by Crippen LogP contribution is 2.22. The third-order valence-electron chi connectivity index (χ3n) is 3.28. The van der Waals surface area contributed by atoms with Crippen LogP contribution < -0.4 is 9.80 Å². The maximum Gasteiger partial charge on any atom is 0.231 e. The molecule has 1 aromatic heterocycles. The van der Waals surface area contributed by atoms with Gasteiger partial charge >= 0.3 is 0 Å². The first kappa shape index (κ1) is 14.3. The third kappa shape index (κ3) is 3.67. The Bertz CT molecular complexity index is 421. The molecule has 0 N–H and O–H groups in total. The Balaban J connectivity index is 2.06. The Morgan fingerprint density at radius 2 is 1.95 bits per heavy atom. The van der Waals surface area contributed by atoms with E-state index in [1.807, 2.05) is 19.0 Å². The highest BCUT2D eigenvalue weighted by atomic mass is 35.5. The lowest BCUT2D eigenvalue weighted by Crippen LogP contribution is -2.36. The molecule has 0 unspecified atom stereocenters. The highest BCUT2D eigenvalue weighted by Gasteiger charge is 2.22. The van der Waals surface area contributed by atoms with Gasteiger partial charge in [-0.05, 0) is 30.4 Å². The van der Waals surface area contributed by atoms with E-state index in [1.165, 1.54) is 0 Å². The molecule has 7 heteroatoms. The monoisotopic (exact) mass is 285 g/mol. The van der Waals surface area contributed by atoms with Gasteiger partial charge in [0, 0.05) is 40.9 Å². The lowest BCUT2D eigenvalue weighted by atomic mass is 9.98. The summed E-state index contributed by atoms with van der Waals surface area (Å²) in [6, 6.07) is 0. The van der Waals surface area contributed by atoms with Crippen molar-refractivity contribution in [3.05, 3.63) is 5.28 Å². The topological polar surface area (TPSA) is 54.4 Å². The maximum absolute atomic E-state index is 5.96. The number of hydrogen-bond acceptors (Lipinski definition) is 6. The zero-order valence-corrected chi connectivity index (χ0v) is 12.4. The Hall–Kier alpha value is -1.14. The molecule has 0 saturated carbocycles. The van der Waals surface area contributed by atoms with Gasteiger partial charge in [0.05, 0.1) is 0 Å². The number of halogens is 1. The van der Waals surface area contributed by atoms with Gasteiger partial charge < -0.3 is 14.5 Å². The number of anilines is 2. The Morgan fingerprint density at radius 3 is 2.53 bits per heavy atom. The smallest absolute Gasteiger partial charge is 0.231 e. The van der Waals surface area contributed by atoms with Crippen molar-refractivity contribution < 1.29 is 4.74 Å². The van der Waals surface area contributed by atoms with Gasteiger partial charge in [0.25, 0.3) is 0 Å². The SMILES string of the molecule is COCC1CCN(c2nc(Cl)nc(N(C)C)n2)CC1. The number of methoxy groups -OCH3 is 1. The molecule has 1 saturated heterocycles. The van der Waals surface area contributed by atoms with E-state index in [-0.39, 0.29) is 5.28 Å². The molecule has 0 spiro atoms. The fourth-order valence-electron chi connectivity index (χ4n) is 2.21. The van der Waals surface area contributed by atoms with Gasteiger partial charge in [-0.15, -0.1) is 0 Å². The summed E-state index contributed by atoms with van der Waals surface area (Å²) >= 11 is 5.96. The van der Waals surface area contributed by atoms with Gasteiger partial charge in [0.1, 0.15) is 0 Å². The van der Waals surface area contributed by atoms with Crippen molar-refractivity contribution in [2.75, 3.05) is 50.7 Å². The zero-order valence-electron chi connectivity index (χ0n) is 11.6. The van der Waals surface area contributed by atoms with Crippen LogP contribution in [-0.2, 0) is 4.74 Å². The van der Waals surface area contributed by atoms with Crippen molar-refractivity contribution in [2.24, 2.45) is 5.92 Å². The van der Waals surface area contributed by atoms with Gasteiger partial charge in [-0.25, -0.2) is 0 Å². The Kier molecular flexibility index (Phi) is 4.76. The molecular weight excluding hydrogens is 266 g/mol. The van der Waals surface area contributed by atoms with Crippen LogP contribution in [0.15, 0.2) is 0 Å². The van der Waals surface area contributed by atoms with Crippen LogP contribution in [0.3, 0.4) is 0 Å². The lowest BCUT2D eigenvalue weighted by molar-refractivity contribution is 0.139. The van der Waals surface area contributed by atoms with Crippen LogP contribution in [-0.4, -0.2) is 55.9 Å². The van der Waals surface area contributed by atoms with Crippen molar-refractivity contribution in [3.8, 4) is 0 Å². The van der Waals surface area contributed by atoms with Crippen molar-refractivity contribution in [3.63, 3.8) is 0 Å². The molecular formula is C12H20ClN5O. The van der Waals surface area contributed by atoms with E-state index in [4.69, 9.17) is 16.3 Å². The van der Waals surface area contributed by atoms with Crippen molar-refractivity contribution in [1.82, 2.24) is 15.0 Å². The minimum Gasteiger partial charge on any atom is -0.384 e. The van der Waals surface area contributed by atoms with Gasteiger partial charge in [0.2, 0.25) is 17.2 Å². The van der Waals surface area contributed by atoms with Crippen LogP contribution in [0, 0.1) is 5.92 Å². The fraction of sp³-hybridized carbons (Fsp3) is 0.750. The Labute approximate surface area is 118 Å². The third-order valence-corrected chi connectivity index (χ3v) is 3.45. The number of hydrogen-bond donors (Lipinski definition) is 0. The van der Waals surface area contributed by atoms with Gasteiger partial charge in [-0.3, -0.25) is 0 Å². The van der Waals surface area contributed by atoms with E-state index in [2.05, 4.69) is 19.9 Å². The molecule has 0 aliphatic carbocycles. The second-order valence-corrected chi connectivity index (χ2v) is 5.32. The normalized spacial score (nSPS) is 16.7. The molecule has 1 fully saturated rings. The molecule has 19 heavy (non-hydrogen) atoms. The van der Waals surface area contributed by atoms with E-state index in [0.29, 0.717) is 17.8 Å². The van der Waals surface area contributed by atoms with Crippen LogP contribution in [0.5, 0.6) is 0 Å². The summed E-state index contributed by atoms with van der Waals surface area (Å²) in [5.41, 5.74) is 0. The van der Waals surface area contributed by atoms with Crippen LogP contribution in [0.2, 0.25) is 5.28 Å². The van der Waals surface area contributed by atoms with Gasteiger partial charge in [-0.2, -0.15) is 15.0 Å². The average Bonchev–Trinajstić information content (AvgIpc) is 2.39. The number of ether oxygens (including phenoxy) is 1. The molecule has 106 valence electrons. The molecule has 1 aliphatic rings. The van der Waals surface area contributed by atoms with Crippen molar-refractivity contribution >= 4 is 23.5 Å². The van der Waals surface area contributed by atoms with E-state index < -0.39 is 0 Å². The van der Waals surface area contributed by atoms with Crippen LogP contribution >= 0.6 is 11.6 Å². The predicted molar refractivity (Wildman–Crippen MR) is 76.0 cm³/mol.